The minimum Gasteiger partial charge on any atom is -0.361 e. The van der Waals surface area contributed by atoms with Crippen LogP contribution in [0.1, 0.15) is 24.8 Å². The van der Waals surface area contributed by atoms with Gasteiger partial charge in [-0.15, -0.1) is 0 Å². The van der Waals surface area contributed by atoms with Crippen molar-refractivity contribution in [3.8, 4) is 11.3 Å². The van der Waals surface area contributed by atoms with Gasteiger partial charge in [0.2, 0.25) is 0 Å². The maximum absolute atomic E-state index is 12.8. The second-order valence-electron chi connectivity index (χ2n) is 8.28. The summed E-state index contributed by atoms with van der Waals surface area (Å²) in [5.41, 5.74) is 1.47. The Labute approximate surface area is 184 Å². The molecule has 2 saturated heterocycles. The number of likely N-dealkylation sites (tertiary alicyclic amines) is 1. The van der Waals surface area contributed by atoms with Gasteiger partial charge in [0.05, 0.1) is 10.6 Å². The Balaban J connectivity index is 1.49. The molecular formula is C21H24N4O4S2. The number of fused-ring (bicyclic) bond motifs is 1. The van der Waals surface area contributed by atoms with Gasteiger partial charge in [0.15, 0.2) is 4.96 Å². The molecule has 3 aromatic rings. The SMILES string of the molecule is Cc1ccc(S(=O)(=O)O)cc1-c1cc(=O)n2cc(N3CC[C@H](N4CCCC4)C3)sc2n1. The van der Waals surface area contributed by atoms with E-state index >= 15 is 0 Å². The van der Waals surface area contributed by atoms with Crippen LogP contribution in [0.15, 0.2) is 40.2 Å². The van der Waals surface area contributed by atoms with E-state index in [1.165, 1.54) is 55.5 Å². The zero-order valence-electron chi connectivity index (χ0n) is 17.2. The molecule has 0 unspecified atom stereocenters. The number of aromatic nitrogens is 2. The van der Waals surface area contributed by atoms with E-state index in [1.807, 2.05) is 13.1 Å². The molecule has 2 aliphatic rings. The quantitative estimate of drug-likeness (QED) is 0.598. The van der Waals surface area contributed by atoms with E-state index in [0.717, 1.165) is 30.1 Å². The smallest absolute Gasteiger partial charge is 0.294 e. The Kier molecular flexibility index (Phi) is 5.12. The fourth-order valence-electron chi connectivity index (χ4n) is 4.56. The molecular weight excluding hydrogens is 436 g/mol. The minimum absolute atomic E-state index is 0.213. The van der Waals surface area contributed by atoms with Crippen LogP contribution in [0.2, 0.25) is 0 Å². The highest BCUT2D eigenvalue weighted by atomic mass is 32.2. The number of hydrogen-bond acceptors (Lipinski definition) is 7. The number of nitrogens with zero attached hydrogens (tertiary/aromatic N) is 4. The van der Waals surface area contributed by atoms with Crippen molar-refractivity contribution in [2.24, 2.45) is 0 Å². The van der Waals surface area contributed by atoms with E-state index in [-0.39, 0.29) is 10.5 Å². The zero-order chi connectivity index (χ0) is 21.8. The van der Waals surface area contributed by atoms with Crippen LogP contribution in [0, 0.1) is 6.92 Å². The maximum atomic E-state index is 12.8. The van der Waals surface area contributed by atoms with Gasteiger partial charge in [0.1, 0.15) is 5.00 Å². The van der Waals surface area contributed by atoms with Gasteiger partial charge in [-0.2, -0.15) is 8.42 Å². The first-order valence-corrected chi connectivity index (χ1v) is 12.7. The summed E-state index contributed by atoms with van der Waals surface area (Å²) in [6.45, 7) is 6.10. The first kappa shape index (κ1) is 20.6. The predicted molar refractivity (Wildman–Crippen MR) is 121 cm³/mol. The van der Waals surface area contributed by atoms with Crippen LogP contribution in [0.3, 0.4) is 0 Å². The van der Waals surface area contributed by atoms with Gasteiger partial charge >= 0.3 is 0 Å². The summed E-state index contributed by atoms with van der Waals surface area (Å²) >= 11 is 1.47. The van der Waals surface area contributed by atoms with Crippen LogP contribution >= 0.6 is 11.3 Å². The molecule has 10 heteroatoms. The lowest BCUT2D eigenvalue weighted by Crippen LogP contribution is -2.35. The third kappa shape index (κ3) is 3.89. The van der Waals surface area contributed by atoms with E-state index in [2.05, 4.69) is 14.8 Å². The summed E-state index contributed by atoms with van der Waals surface area (Å²) in [6.07, 6.45) is 5.54. The lowest BCUT2D eigenvalue weighted by molar-refractivity contribution is 0.260. The molecule has 0 aliphatic carbocycles. The molecule has 1 N–H and O–H groups in total. The Bertz CT molecular complexity index is 1310. The predicted octanol–water partition coefficient (Wildman–Crippen LogP) is 2.65. The van der Waals surface area contributed by atoms with E-state index < -0.39 is 10.1 Å². The molecule has 2 fully saturated rings. The molecule has 2 aliphatic heterocycles. The highest BCUT2D eigenvalue weighted by molar-refractivity contribution is 7.85. The summed E-state index contributed by atoms with van der Waals surface area (Å²) in [5, 5.41) is 1.02. The molecule has 0 spiro atoms. The van der Waals surface area contributed by atoms with Crippen molar-refractivity contribution >= 4 is 31.4 Å². The van der Waals surface area contributed by atoms with Crippen molar-refractivity contribution in [1.29, 1.82) is 0 Å². The van der Waals surface area contributed by atoms with Gasteiger partial charge in [-0.3, -0.25) is 18.6 Å². The first-order chi connectivity index (χ1) is 14.8. The molecule has 1 atom stereocenters. The molecule has 0 amide bonds. The average molecular weight is 461 g/mol. The first-order valence-electron chi connectivity index (χ1n) is 10.4. The maximum Gasteiger partial charge on any atom is 0.294 e. The highest BCUT2D eigenvalue weighted by Gasteiger charge is 2.30. The molecule has 0 saturated carbocycles. The Morgan fingerprint density at radius 3 is 2.68 bits per heavy atom. The number of aryl methyl sites for hydroxylation is 1. The third-order valence-electron chi connectivity index (χ3n) is 6.27. The summed E-state index contributed by atoms with van der Waals surface area (Å²) in [5.74, 6) is 0. The van der Waals surface area contributed by atoms with Crippen LogP contribution < -0.4 is 10.5 Å². The fourth-order valence-corrected chi connectivity index (χ4v) is 6.09. The standard InChI is InChI=1S/C21H24N4O4S2/c1-14-4-5-16(31(27,28)29)10-17(14)18-11-19(26)25-13-20(30-21(25)22-18)24-9-6-15(12-24)23-7-2-3-8-23/h4-5,10-11,13,15H,2-3,6-9,12H2,1H3,(H,27,28,29)/t15-/m0/s1. The monoisotopic (exact) mass is 460 g/mol. The van der Waals surface area contributed by atoms with Crippen LogP contribution in [0.25, 0.3) is 16.2 Å². The second-order valence-corrected chi connectivity index (χ2v) is 10.7. The van der Waals surface area contributed by atoms with Crippen molar-refractivity contribution < 1.29 is 13.0 Å². The van der Waals surface area contributed by atoms with Crippen molar-refractivity contribution in [3.63, 3.8) is 0 Å². The Morgan fingerprint density at radius 2 is 1.94 bits per heavy atom. The van der Waals surface area contributed by atoms with Gasteiger partial charge in [-0.25, -0.2) is 4.98 Å². The average Bonchev–Trinajstić information content (AvgIpc) is 3.46. The number of hydrogen-bond donors (Lipinski definition) is 1. The van der Waals surface area contributed by atoms with Crippen LogP contribution in [0.4, 0.5) is 5.00 Å². The van der Waals surface area contributed by atoms with Gasteiger partial charge in [0, 0.05) is 37.0 Å². The van der Waals surface area contributed by atoms with Crippen molar-refractivity contribution in [3.05, 3.63) is 46.4 Å². The third-order valence-corrected chi connectivity index (χ3v) is 8.16. The lowest BCUT2D eigenvalue weighted by atomic mass is 10.1. The van der Waals surface area contributed by atoms with E-state index in [0.29, 0.717) is 22.3 Å². The Morgan fingerprint density at radius 1 is 1.16 bits per heavy atom. The summed E-state index contributed by atoms with van der Waals surface area (Å²) in [6, 6.07) is 6.28. The largest absolute Gasteiger partial charge is 0.361 e. The molecule has 164 valence electrons. The molecule has 4 heterocycles. The number of anilines is 1. The summed E-state index contributed by atoms with van der Waals surface area (Å²) in [4.78, 5) is 22.7. The number of thiazole rings is 1. The van der Waals surface area contributed by atoms with E-state index in [4.69, 9.17) is 0 Å². The normalized spacial score (nSPS) is 20.2. The van der Waals surface area contributed by atoms with Gasteiger partial charge in [0.25, 0.3) is 15.7 Å². The highest BCUT2D eigenvalue weighted by Crippen LogP contribution is 2.32. The summed E-state index contributed by atoms with van der Waals surface area (Å²) < 4.78 is 34.0. The van der Waals surface area contributed by atoms with E-state index in [1.54, 1.807) is 10.5 Å². The second kappa shape index (κ2) is 7.70. The fraction of sp³-hybridized carbons (Fsp3) is 0.429. The summed E-state index contributed by atoms with van der Waals surface area (Å²) in [7, 11) is -4.34. The van der Waals surface area contributed by atoms with Gasteiger partial charge in [-0.05, 0) is 57.0 Å². The van der Waals surface area contributed by atoms with Gasteiger partial charge < -0.3 is 4.90 Å². The number of benzene rings is 1. The Hall–Kier alpha value is -2.27. The molecule has 0 bridgehead atoms. The molecule has 5 rings (SSSR count). The van der Waals surface area contributed by atoms with Crippen LogP contribution in [-0.2, 0) is 10.1 Å². The molecule has 1 aromatic carbocycles. The zero-order valence-corrected chi connectivity index (χ0v) is 18.8. The van der Waals surface area contributed by atoms with Crippen molar-refractivity contribution in [1.82, 2.24) is 14.3 Å². The van der Waals surface area contributed by atoms with Crippen LogP contribution in [0.5, 0.6) is 0 Å². The van der Waals surface area contributed by atoms with Gasteiger partial charge in [-0.1, -0.05) is 17.4 Å². The topological polar surface area (TPSA) is 95.2 Å². The minimum atomic E-state index is -4.34. The molecule has 31 heavy (non-hydrogen) atoms. The number of rotatable bonds is 4. The van der Waals surface area contributed by atoms with Crippen molar-refractivity contribution in [2.45, 2.75) is 37.1 Å². The van der Waals surface area contributed by atoms with Crippen molar-refractivity contribution in [2.75, 3.05) is 31.1 Å². The molecule has 8 nitrogen and oxygen atoms in total. The van der Waals surface area contributed by atoms with Crippen LogP contribution in [-0.4, -0.2) is 59.5 Å². The van der Waals surface area contributed by atoms with E-state index in [9.17, 15) is 17.8 Å². The molecule has 0 radical (unpaired) electrons. The lowest BCUT2D eigenvalue weighted by Gasteiger charge is -2.23. The molecule has 2 aromatic heterocycles.